The number of carbonyl (C=O) groups excluding carboxylic acids is 1. The number of carbonyl (C=O) groups is 1. The maximum absolute atomic E-state index is 15.1. The van der Waals surface area contributed by atoms with E-state index in [-0.39, 0.29) is 11.3 Å². The number of nitrogens with one attached hydrogen (secondary N) is 3. The molecule has 0 aliphatic rings. The first kappa shape index (κ1) is 23.6. The van der Waals surface area contributed by atoms with Crippen molar-refractivity contribution in [1.82, 2.24) is 19.9 Å². The average molecular weight is 483 g/mol. The molecule has 0 amide bonds. The van der Waals surface area contributed by atoms with E-state index in [1.807, 2.05) is 25.3 Å². The normalized spacial score (nSPS) is 11.0. The summed E-state index contributed by atoms with van der Waals surface area (Å²) in [5.41, 5.74) is 1.07. The fourth-order valence-corrected chi connectivity index (χ4v) is 4.15. The van der Waals surface area contributed by atoms with Gasteiger partial charge in [0.05, 0.1) is 22.2 Å². The molecule has 0 aliphatic heterocycles. The number of rotatable bonds is 11. The van der Waals surface area contributed by atoms with E-state index in [1.165, 1.54) is 30.5 Å². The average Bonchev–Trinajstić information content (AvgIpc) is 3.29. The van der Waals surface area contributed by atoms with Crippen molar-refractivity contribution in [3.8, 4) is 0 Å². The second kappa shape index (κ2) is 11.1. The lowest BCUT2D eigenvalue weighted by Gasteiger charge is -2.11. The summed E-state index contributed by atoms with van der Waals surface area (Å²) in [7, 11) is 0. The van der Waals surface area contributed by atoms with E-state index in [4.69, 9.17) is 0 Å². The predicted molar refractivity (Wildman–Crippen MR) is 131 cm³/mol. The summed E-state index contributed by atoms with van der Waals surface area (Å²) in [5.74, 6) is -1.46. The molecule has 0 fully saturated rings. The molecule has 1 aromatic carbocycles. The maximum Gasteiger partial charge on any atom is 0.201 e. The van der Waals surface area contributed by atoms with E-state index in [0.29, 0.717) is 23.4 Å². The van der Waals surface area contributed by atoms with Gasteiger partial charge in [0.2, 0.25) is 5.78 Å². The summed E-state index contributed by atoms with van der Waals surface area (Å²) in [4.78, 5) is 28.7. The Labute approximate surface area is 200 Å². The smallest absolute Gasteiger partial charge is 0.201 e. The first-order valence-corrected chi connectivity index (χ1v) is 11.9. The summed E-state index contributed by atoms with van der Waals surface area (Å²) < 4.78 is 32.6. The number of aromatic nitrogens is 4. The Balaban J connectivity index is 1.57. The molecule has 3 aromatic heterocycles. The molecular formula is C24H24F2N6OS. The molecule has 3 heterocycles. The first-order valence-electron chi connectivity index (χ1n) is 11.0. The number of benzene rings is 1. The van der Waals surface area contributed by atoms with Crippen LogP contribution in [0.5, 0.6) is 0 Å². The predicted octanol–water partition coefficient (Wildman–Crippen LogP) is 5.38. The third-order valence-corrected chi connectivity index (χ3v) is 6.16. The van der Waals surface area contributed by atoms with Crippen LogP contribution in [0.4, 0.5) is 20.3 Å². The van der Waals surface area contributed by atoms with Gasteiger partial charge in [-0.25, -0.2) is 18.7 Å². The fraction of sp³-hybridized carbons (Fsp3) is 0.250. The monoisotopic (exact) mass is 482 g/mol. The van der Waals surface area contributed by atoms with Crippen molar-refractivity contribution in [2.24, 2.45) is 0 Å². The third kappa shape index (κ3) is 5.17. The van der Waals surface area contributed by atoms with Crippen LogP contribution in [0.15, 0.2) is 49.2 Å². The van der Waals surface area contributed by atoms with E-state index < -0.39 is 23.0 Å². The highest BCUT2D eigenvalue weighted by molar-refractivity contribution is 8.00. The molecule has 3 N–H and O–H groups in total. The zero-order valence-electron chi connectivity index (χ0n) is 18.6. The molecule has 0 aliphatic carbocycles. The molecule has 0 bridgehead atoms. The van der Waals surface area contributed by atoms with E-state index >= 15 is 4.39 Å². The number of anilines is 2. The van der Waals surface area contributed by atoms with Gasteiger partial charge in [0.25, 0.3) is 0 Å². The van der Waals surface area contributed by atoms with Gasteiger partial charge in [0.1, 0.15) is 23.6 Å². The molecule has 0 unspecified atom stereocenters. The van der Waals surface area contributed by atoms with Crippen molar-refractivity contribution >= 4 is 40.3 Å². The molecule has 0 saturated heterocycles. The molecule has 176 valence electrons. The van der Waals surface area contributed by atoms with Crippen LogP contribution >= 0.6 is 11.9 Å². The highest BCUT2D eigenvalue weighted by Gasteiger charge is 2.25. The molecule has 4 aromatic rings. The topological polar surface area (TPSA) is 95.6 Å². The van der Waals surface area contributed by atoms with Gasteiger partial charge in [0.15, 0.2) is 5.82 Å². The maximum atomic E-state index is 15.1. The van der Waals surface area contributed by atoms with E-state index in [1.54, 1.807) is 6.20 Å². The molecule has 0 saturated carbocycles. The number of hydrogen-bond donors (Lipinski definition) is 3. The van der Waals surface area contributed by atoms with Gasteiger partial charge in [-0.3, -0.25) is 9.78 Å². The van der Waals surface area contributed by atoms with Gasteiger partial charge in [-0.05, 0) is 43.0 Å². The SMILES string of the molecule is CCCSNc1ccc(F)c(C(=O)c2c[nH]c3ncnc(NCCCc4cccnc4)c23)c1F. The first-order chi connectivity index (χ1) is 16.6. The second-order valence-electron chi connectivity index (χ2n) is 7.60. The van der Waals surface area contributed by atoms with Crippen LogP contribution in [0.1, 0.15) is 41.3 Å². The summed E-state index contributed by atoms with van der Waals surface area (Å²) in [5, 5.41) is 3.61. The number of halogens is 2. The van der Waals surface area contributed by atoms with E-state index in [2.05, 4.69) is 30.0 Å². The molecule has 4 rings (SSSR count). The Kier molecular flexibility index (Phi) is 7.69. The van der Waals surface area contributed by atoms with Gasteiger partial charge in [-0.15, -0.1) is 0 Å². The van der Waals surface area contributed by atoms with Crippen molar-refractivity contribution in [3.63, 3.8) is 0 Å². The van der Waals surface area contributed by atoms with Crippen LogP contribution in [-0.2, 0) is 6.42 Å². The van der Waals surface area contributed by atoms with Crippen molar-refractivity contribution < 1.29 is 13.6 Å². The van der Waals surface area contributed by atoms with Crippen LogP contribution in [0.2, 0.25) is 0 Å². The molecule has 0 atom stereocenters. The van der Waals surface area contributed by atoms with E-state index in [9.17, 15) is 9.18 Å². The van der Waals surface area contributed by atoms with Crippen molar-refractivity contribution in [3.05, 3.63) is 77.5 Å². The molecule has 10 heteroatoms. The number of aromatic amines is 1. The lowest BCUT2D eigenvalue weighted by molar-refractivity contribution is 0.103. The van der Waals surface area contributed by atoms with Crippen molar-refractivity contribution in [2.45, 2.75) is 26.2 Å². The standard InChI is InChI=1S/C24H24F2N6OS/c1-2-11-34-32-18-8-7-17(25)20(21(18)26)22(33)16-13-29-24-19(16)23(30-14-31-24)28-10-4-6-15-5-3-9-27-12-15/h3,5,7-9,12-14,32H,2,4,6,10-11H2,1H3,(H2,28,29,30,31). The molecule has 7 nitrogen and oxygen atoms in total. The Bertz CT molecular complexity index is 1280. The number of pyridine rings is 1. The number of fused-ring (bicyclic) bond motifs is 1. The summed E-state index contributed by atoms with van der Waals surface area (Å²) in [6, 6.07) is 6.27. The second-order valence-corrected chi connectivity index (χ2v) is 8.50. The minimum atomic E-state index is -0.925. The molecule has 0 radical (unpaired) electrons. The highest BCUT2D eigenvalue weighted by atomic mass is 32.2. The molecular weight excluding hydrogens is 458 g/mol. The van der Waals surface area contributed by atoms with Crippen LogP contribution in [0.25, 0.3) is 11.0 Å². The summed E-state index contributed by atoms with van der Waals surface area (Å²) in [6.07, 6.45) is 8.83. The van der Waals surface area contributed by atoms with Crippen LogP contribution in [-0.4, -0.2) is 38.0 Å². The lowest BCUT2D eigenvalue weighted by atomic mass is 10.0. The van der Waals surface area contributed by atoms with Crippen molar-refractivity contribution in [1.29, 1.82) is 0 Å². The number of aryl methyl sites for hydroxylation is 1. The minimum Gasteiger partial charge on any atom is -0.369 e. The Morgan fingerprint density at radius 3 is 2.88 bits per heavy atom. The zero-order chi connectivity index (χ0) is 23.9. The molecule has 0 spiro atoms. The van der Waals surface area contributed by atoms with Crippen molar-refractivity contribution in [2.75, 3.05) is 22.3 Å². The number of hydrogen-bond acceptors (Lipinski definition) is 7. The van der Waals surface area contributed by atoms with Gasteiger partial charge < -0.3 is 15.0 Å². The highest BCUT2D eigenvalue weighted by Crippen LogP contribution is 2.30. The largest absolute Gasteiger partial charge is 0.369 e. The Hall–Kier alpha value is -3.53. The zero-order valence-corrected chi connectivity index (χ0v) is 19.4. The molecule has 34 heavy (non-hydrogen) atoms. The number of H-pyrrole nitrogens is 1. The number of nitrogens with zero attached hydrogens (tertiary/aromatic N) is 3. The quantitative estimate of drug-likeness (QED) is 0.150. The van der Waals surface area contributed by atoms with Gasteiger partial charge in [-0.1, -0.05) is 24.9 Å². The van der Waals surface area contributed by atoms with Crippen LogP contribution in [0, 0.1) is 11.6 Å². The van der Waals surface area contributed by atoms with Crippen LogP contribution in [0.3, 0.4) is 0 Å². The lowest BCUT2D eigenvalue weighted by Crippen LogP contribution is -2.11. The Morgan fingerprint density at radius 1 is 1.21 bits per heavy atom. The van der Waals surface area contributed by atoms with Gasteiger partial charge >= 0.3 is 0 Å². The number of ketones is 1. The summed E-state index contributed by atoms with van der Waals surface area (Å²) in [6.45, 7) is 2.57. The third-order valence-electron chi connectivity index (χ3n) is 5.18. The summed E-state index contributed by atoms with van der Waals surface area (Å²) >= 11 is 1.29. The van der Waals surface area contributed by atoms with E-state index in [0.717, 1.165) is 36.6 Å². The Morgan fingerprint density at radius 2 is 2.09 bits per heavy atom. The van der Waals surface area contributed by atoms with Gasteiger partial charge in [-0.2, -0.15) is 0 Å². The van der Waals surface area contributed by atoms with Gasteiger partial charge in [0, 0.05) is 30.9 Å². The minimum absolute atomic E-state index is 0.0630. The van der Waals surface area contributed by atoms with Crippen LogP contribution < -0.4 is 10.0 Å². The fourth-order valence-electron chi connectivity index (χ4n) is 3.53.